The molecule has 4 rings (SSSR count). The third kappa shape index (κ3) is 4.24. The Kier molecular flexibility index (Phi) is 5.20. The predicted molar refractivity (Wildman–Crippen MR) is 116 cm³/mol. The minimum Gasteiger partial charge on any atom is -0.325 e. The molecular weight excluding hydrogens is 362 g/mol. The van der Waals surface area contributed by atoms with Crippen molar-refractivity contribution < 1.29 is 9.59 Å². The summed E-state index contributed by atoms with van der Waals surface area (Å²) in [5, 5.41) is 2.87. The second kappa shape index (κ2) is 8.10. The fourth-order valence-electron chi connectivity index (χ4n) is 3.38. The van der Waals surface area contributed by atoms with Crippen LogP contribution in [0.25, 0.3) is 0 Å². The number of hydrogen-bond donors (Lipinski definition) is 1. The van der Waals surface area contributed by atoms with Gasteiger partial charge in [0.15, 0.2) is 0 Å². The number of benzene rings is 3. The zero-order valence-corrected chi connectivity index (χ0v) is 16.1. The summed E-state index contributed by atoms with van der Waals surface area (Å²) in [4.78, 5) is 32.0. The monoisotopic (exact) mass is 383 g/mol. The molecular formula is C24H21N3O2. The maximum absolute atomic E-state index is 13.1. The van der Waals surface area contributed by atoms with E-state index in [2.05, 4.69) is 5.32 Å². The van der Waals surface area contributed by atoms with E-state index in [0.29, 0.717) is 22.8 Å². The third-order valence-corrected chi connectivity index (χ3v) is 4.76. The van der Waals surface area contributed by atoms with Gasteiger partial charge in [-0.15, -0.1) is 0 Å². The molecule has 29 heavy (non-hydrogen) atoms. The lowest BCUT2D eigenvalue weighted by molar-refractivity contribution is -0.120. The Balaban J connectivity index is 1.61. The van der Waals surface area contributed by atoms with E-state index in [0.717, 1.165) is 11.1 Å². The first kappa shape index (κ1) is 18.6. The quantitative estimate of drug-likeness (QED) is 0.721. The van der Waals surface area contributed by atoms with E-state index in [1.807, 2.05) is 85.8 Å². The average Bonchev–Trinajstić information content (AvgIpc) is 2.85. The number of rotatable bonds is 4. The lowest BCUT2D eigenvalue weighted by Gasteiger charge is -2.22. The molecule has 0 aromatic heterocycles. The van der Waals surface area contributed by atoms with Crippen molar-refractivity contribution in [3.05, 3.63) is 90.0 Å². The van der Waals surface area contributed by atoms with Gasteiger partial charge < -0.3 is 10.2 Å². The Morgan fingerprint density at radius 1 is 1.00 bits per heavy atom. The fraction of sp³-hybridized carbons (Fsp3) is 0.125. The number of nitrogens with zero attached hydrogens (tertiary/aromatic N) is 2. The standard InChI is InChI=1S/C24H21N3O2/c1-17-8-7-11-19(14-17)25-23(28)16-27-22-13-6-5-12-20(22)26-21(15-24(27)29)18-9-3-2-4-10-18/h2-14H,15-16H2,1H3,(H,25,28). The second-order valence-corrected chi connectivity index (χ2v) is 6.99. The maximum Gasteiger partial charge on any atom is 0.244 e. The normalized spacial score (nSPS) is 13.3. The van der Waals surface area contributed by atoms with Gasteiger partial charge in [0.25, 0.3) is 0 Å². The van der Waals surface area contributed by atoms with E-state index in [1.54, 1.807) is 0 Å². The molecule has 1 aliphatic rings. The van der Waals surface area contributed by atoms with E-state index >= 15 is 0 Å². The highest BCUT2D eigenvalue weighted by molar-refractivity contribution is 6.18. The van der Waals surface area contributed by atoms with Crippen LogP contribution in [0.2, 0.25) is 0 Å². The van der Waals surface area contributed by atoms with Crippen LogP contribution in [-0.4, -0.2) is 24.1 Å². The summed E-state index contributed by atoms with van der Waals surface area (Å²) in [6, 6.07) is 24.6. The van der Waals surface area contributed by atoms with E-state index in [4.69, 9.17) is 4.99 Å². The van der Waals surface area contributed by atoms with Crippen molar-refractivity contribution in [1.82, 2.24) is 0 Å². The highest BCUT2D eigenvalue weighted by Crippen LogP contribution is 2.32. The Morgan fingerprint density at radius 3 is 2.55 bits per heavy atom. The first-order valence-electron chi connectivity index (χ1n) is 9.49. The Morgan fingerprint density at radius 2 is 1.76 bits per heavy atom. The molecule has 0 unspecified atom stereocenters. The highest BCUT2D eigenvalue weighted by atomic mass is 16.2. The van der Waals surface area contributed by atoms with Crippen molar-refractivity contribution in [2.24, 2.45) is 4.99 Å². The van der Waals surface area contributed by atoms with Crippen molar-refractivity contribution in [3.63, 3.8) is 0 Å². The summed E-state index contributed by atoms with van der Waals surface area (Å²) >= 11 is 0. The minimum atomic E-state index is -0.248. The molecule has 0 aliphatic carbocycles. The molecule has 1 aliphatic heterocycles. The largest absolute Gasteiger partial charge is 0.325 e. The number of nitrogens with one attached hydrogen (secondary N) is 1. The number of para-hydroxylation sites is 2. The summed E-state index contributed by atoms with van der Waals surface area (Å²) in [7, 11) is 0. The van der Waals surface area contributed by atoms with E-state index in [1.165, 1.54) is 4.90 Å². The Labute approximate surface area is 169 Å². The van der Waals surface area contributed by atoms with Gasteiger partial charge in [-0.1, -0.05) is 54.6 Å². The van der Waals surface area contributed by atoms with E-state index in [9.17, 15) is 9.59 Å². The van der Waals surface area contributed by atoms with E-state index in [-0.39, 0.29) is 24.8 Å². The van der Waals surface area contributed by atoms with Crippen LogP contribution in [0.5, 0.6) is 0 Å². The first-order valence-corrected chi connectivity index (χ1v) is 9.49. The molecule has 1 N–H and O–H groups in total. The lowest BCUT2D eigenvalue weighted by atomic mass is 10.1. The smallest absolute Gasteiger partial charge is 0.244 e. The van der Waals surface area contributed by atoms with Gasteiger partial charge in [-0.25, -0.2) is 0 Å². The molecule has 0 bridgehead atoms. The van der Waals surface area contributed by atoms with Crippen molar-refractivity contribution in [3.8, 4) is 0 Å². The van der Waals surface area contributed by atoms with Gasteiger partial charge in [0, 0.05) is 5.69 Å². The molecule has 5 nitrogen and oxygen atoms in total. The van der Waals surface area contributed by atoms with Gasteiger partial charge in [-0.2, -0.15) is 0 Å². The number of carbonyl (C=O) groups excluding carboxylic acids is 2. The fourth-order valence-corrected chi connectivity index (χ4v) is 3.38. The Bertz CT molecular complexity index is 1090. The molecule has 0 atom stereocenters. The molecule has 1 heterocycles. The predicted octanol–water partition coefficient (Wildman–Crippen LogP) is 4.49. The average molecular weight is 383 g/mol. The van der Waals surface area contributed by atoms with Gasteiger partial charge in [0.1, 0.15) is 6.54 Å². The summed E-state index contributed by atoms with van der Waals surface area (Å²) < 4.78 is 0. The summed E-state index contributed by atoms with van der Waals surface area (Å²) in [5.41, 5.74) is 4.70. The number of aliphatic imine (C=N–C) groups is 1. The molecule has 3 aromatic rings. The summed E-state index contributed by atoms with van der Waals surface area (Å²) in [6.45, 7) is 1.90. The van der Waals surface area contributed by atoms with Gasteiger partial charge in [-0.3, -0.25) is 14.6 Å². The first-order chi connectivity index (χ1) is 14.1. The van der Waals surface area contributed by atoms with Crippen molar-refractivity contribution in [2.45, 2.75) is 13.3 Å². The Hall–Kier alpha value is -3.73. The van der Waals surface area contributed by atoms with E-state index < -0.39 is 0 Å². The molecule has 3 aromatic carbocycles. The summed E-state index contributed by atoms with van der Waals surface area (Å²) in [6.07, 6.45) is 0.135. The zero-order chi connectivity index (χ0) is 20.2. The molecule has 0 fully saturated rings. The van der Waals surface area contributed by atoms with Crippen molar-refractivity contribution >= 4 is 34.6 Å². The van der Waals surface area contributed by atoms with Crippen LogP contribution in [0.15, 0.2) is 83.9 Å². The number of amides is 2. The molecule has 0 radical (unpaired) electrons. The van der Waals surface area contributed by atoms with Gasteiger partial charge in [-0.05, 0) is 42.3 Å². The number of aryl methyl sites for hydroxylation is 1. The lowest BCUT2D eigenvalue weighted by Crippen LogP contribution is -2.38. The third-order valence-electron chi connectivity index (χ3n) is 4.76. The molecule has 2 amide bonds. The van der Waals surface area contributed by atoms with Crippen molar-refractivity contribution in [1.29, 1.82) is 0 Å². The van der Waals surface area contributed by atoms with Crippen LogP contribution in [0.4, 0.5) is 17.1 Å². The van der Waals surface area contributed by atoms with Gasteiger partial charge in [0.2, 0.25) is 11.8 Å². The summed E-state index contributed by atoms with van der Waals surface area (Å²) in [5.74, 6) is -0.404. The van der Waals surface area contributed by atoms with Crippen LogP contribution >= 0.6 is 0 Å². The van der Waals surface area contributed by atoms with Crippen LogP contribution in [0.1, 0.15) is 17.5 Å². The second-order valence-electron chi connectivity index (χ2n) is 6.99. The molecule has 0 saturated carbocycles. The molecule has 144 valence electrons. The zero-order valence-electron chi connectivity index (χ0n) is 16.1. The molecule has 0 saturated heterocycles. The highest BCUT2D eigenvalue weighted by Gasteiger charge is 2.26. The van der Waals surface area contributed by atoms with Crippen molar-refractivity contribution in [2.75, 3.05) is 16.8 Å². The number of fused-ring (bicyclic) bond motifs is 1. The van der Waals surface area contributed by atoms with Crippen LogP contribution in [-0.2, 0) is 9.59 Å². The van der Waals surface area contributed by atoms with Crippen LogP contribution in [0.3, 0.4) is 0 Å². The number of hydrogen-bond acceptors (Lipinski definition) is 3. The van der Waals surface area contributed by atoms with Gasteiger partial charge in [0.05, 0.1) is 23.5 Å². The molecule has 5 heteroatoms. The van der Waals surface area contributed by atoms with Crippen LogP contribution in [0, 0.1) is 6.92 Å². The SMILES string of the molecule is Cc1cccc(NC(=O)CN2C(=O)CC(c3ccccc3)=Nc3ccccc32)c1. The maximum atomic E-state index is 13.1. The topological polar surface area (TPSA) is 61.8 Å². The minimum absolute atomic E-state index is 0.0681. The molecule has 0 spiro atoms. The van der Waals surface area contributed by atoms with Crippen LogP contribution < -0.4 is 10.2 Å². The number of carbonyl (C=O) groups is 2. The van der Waals surface area contributed by atoms with Gasteiger partial charge >= 0.3 is 0 Å². The number of anilines is 2.